The zero-order valence-corrected chi connectivity index (χ0v) is 17.4. The molecule has 2 aliphatic rings. The smallest absolute Gasteiger partial charge is 0.319 e. The third-order valence-electron chi connectivity index (χ3n) is 5.76. The molecule has 1 aromatic carbocycles. The predicted octanol–water partition coefficient (Wildman–Crippen LogP) is 3.31. The van der Waals surface area contributed by atoms with Gasteiger partial charge in [0.05, 0.1) is 0 Å². The monoisotopic (exact) mass is 412 g/mol. The van der Waals surface area contributed by atoms with Crippen LogP contribution in [-0.4, -0.2) is 54.0 Å². The molecule has 1 aromatic heterocycles. The molecule has 1 saturated heterocycles. The van der Waals surface area contributed by atoms with Gasteiger partial charge in [0.25, 0.3) is 0 Å². The van der Waals surface area contributed by atoms with Gasteiger partial charge in [-0.15, -0.1) is 11.3 Å². The molecule has 29 heavy (non-hydrogen) atoms. The van der Waals surface area contributed by atoms with Crippen molar-refractivity contribution in [1.29, 1.82) is 0 Å². The minimum absolute atomic E-state index is 0.150. The van der Waals surface area contributed by atoms with E-state index in [4.69, 9.17) is 0 Å². The molecular weight excluding hydrogens is 384 g/mol. The third-order valence-corrected chi connectivity index (χ3v) is 6.78. The number of anilines is 1. The van der Waals surface area contributed by atoms with Gasteiger partial charge in [0.1, 0.15) is 0 Å². The highest BCUT2D eigenvalue weighted by molar-refractivity contribution is 7.10. The minimum atomic E-state index is -0.150. The van der Waals surface area contributed by atoms with Gasteiger partial charge >= 0.3 is 6.03 Å². The first-order chi connectivity index (χ1) is 14.2. The van der Waals surface area contributed by atoms with Crippen LogP contribution >= 0.6 is 11.3 Å². The van der Waals surface area contributed by atoms with E-state index in [-0.39, 0.29) is 18.0 Å². The molecule has 0 spiro atoms. The molecule has 2 N–H and O–H groups in total. The first kappa shape index (κ1) is 19.9. The Bertz CT molecular complexity index is 830. The van der Waals surface area contributed by atoms with Crippen LogP contribution in [0, 0.1) is 0 Å². The maximum atomic E-state index is 12.6. The maximum Gasteiger partial charge on any atom is 0.319 e. The molecule has 3 amide bonds. The zero-order valence-electron chi connectivity index (χ0n) is 16.6. The summed E-state index contributed by atoms with van der Waals surface area (Å²) >= 11 is 1.80. The SMILES string of the molecule is O=C(Nc1ccccc1)NC1CCN(CCC(=O)N2CCc3sccc3C2)CC1. The quantitative estimate of drug-likeness (QED) is 0.792. The summed E-state index contributed by atoms with van der Waals surface area (Å²) in [6, 6.07) is 11.7. The van der Waals surface area contributed by atoms with Gasteiger partial charge in [0.2, 0.25) is 5.91 Å². The number of nitrogens with one attached hydrogen (secondary N) is 2. The number of fused-ring (bicyclic) bond motifs is 1. The van der Waals surface area contributed by atoms with Gasteiger partial charge in [-0.25, -0.2) is 4.79 Å². The molecule has 7 heteroatoms. The molecule has 0 unspecified atom stereocenters. The lowest BCUT2D eigenvalue weighted by molar-refractivity contribution is -0.132. The number of likely N-dealkylation sites (tertiary alicyclic amines) is 1. The number of carbonyl (C=O) groups excluding carboxylic acids is 2. The van der Waals surface area contributed by atoms with Gasteiger partial charge in [-0.05, 0) is 48.4 Å². The van der Waals surface area contributed by atoms with E-state index in [0.29, 0.717) is 6.42 Å². The predicted molar refractivity (Wildman–Crippen MR) is 116 cm³/mol. The standard InChI is InChI=1S/C22H28N4O2S/c27-21(26-14-8-20-17(16-26)10-15-29-20)9-13-25-11-6-19(7-12-25)24-22(28)23-18-4-2-1-3-5-18/h1-5,10,15,19H,6-9,11-14,16H2,(H2,23,24,28). The number of hydrogen-bond acceptors (Lipinski definition) is 4. The molecule has 6 nitrogen and oxygen atoms in total. The van der Waals surface area contributed by atoms with Gasteiger partial charge in [-0.3, -0.25) is 4.79 Å². The van der Waals surface area contributed by atoms with Crippen molar-refractivity contribution in [3.63, 3.8) is 0 Å². The highest BCUT2D eigenvalue weighted by atomic mass is 32.1. The molecule has 0 radical (unpaired) electrons. The number of hydrogen-bond donors (Lipinski definition) is 2. The van der Waals surface area contributed by atoms with Gasteiger partial charge in [-0.1, -0.05) is 18.2 Å². The maximum absolute atomic E-state index is 12.6. The third kappa shape index (κ3) is 5.36. The Morgan fingerprint density at radius 2 is 1.86 bits per heavy atom. The van der Waals surface area contributed by atoms with Crippen LogP contribution in [0.15, 0.2) is 41.8 Å². The summed E-state index contributed by atoms with van der Waals surface area (Å²) in [6.07, 6.45) is 3.39. The van der Waals surface area contributed by atoms with Crippen LogP contribution in [0.3, 0.4) is 0 Å². The molecule has 0 aliphatic carbocycles. The lowest BCUT2D eigenvalue weighted by Crippen LogP contribution is -2.46. The van der Waals surface area contributed by atoms with Crippen LogP contribution in [0.4, 0.5) is 10.5 Å². The molecule has 3 heterocycles. The van der Waals surface area contributed by atoms with Crippen LogP contribution in [0.1, 0.15) is 29.7 Å². The average Bonchev–Trinajstić information content (AvgIpc) is 3.21. The van der Waals surface area contributed by atoms with E-state index in [1.165, 1.54) is 10.4 Å². The lowest BCUT2D eigenvalue weighted by Gasteiger charge is -2.33. The molecule has 2 aromatic rings. The Hall–Kier alpha value is -2.38. The van der Waals surface area contributed by atoms with Crippen molar-refractivity contribution in [3.8, 4) is 0 Å². The molecule has 2 aliphatic heterocycles. The molecular formula is C22H28N4O2S. The number of amides is 3. The Morgan fingerprint density at radius 3 is 2.66 bits per heavy atom. The van der Waals surface area contributed by atoms with Crippen LogP contribution in [0.25, 0.3) is 0 Å². The van der Waals surface area contributed by atoms with Crippen LogP contribution in [0.2, 0.25) is 0 Å². The van der Waals surface area contributed by atoms with Crippen molar-refractivity contribution in [2.45, 2.75) is 38.3 Å². The van der Waals surface area contributed by atoms with Crippen molar-refractivity contribution in [1.82, 2.24) is 15.1 Å². The second-order valence-electron chi connectivity index (χ2n) is 7.76. The fourth-order valence-corrected chi connectivity index (χ4v) is 4.94. The fraction of sp³-hybridized carbons (Fsp3) is 0.455. The van der Waals surface area contributed by atoms with Gasteiger partial charge in [0.15, 0.2) is 0 Å². The Kier molecular flexibility index (Phi) is 6.46. The summed E-state index contributed by atoms with van der Waals surface area (Å²) in [4.78, 5) is 30.5. The van der Waals surface area contributed by atoms with E-state index in [0.717, 1.165) is 57.7 Å². The number of nitrogens with zero attached hydrogens (tertiary/aromatic N) is 2. The summed E-state index contributed by atoms with van der Waals surface area (Å²) in [5.41, 5.74) is 2.11. The van der Waals surface area contributed by atoms with E-state index < -0.39 is 0 Å². The number of piperidine rings is 1. The van der Waals surface area contributed by atoms with E-state index in [9.17, 15) is 9.59 Å². The highest BCUT2D eigenvalue weighted by Crippen LogP contribution is 2.24. The summed E-state index contributed by atoms with van der Waals surface area (Å²) in [7, 11) is 0. The Labute approximate surface area is 175 Å². The molecule has 154 valence electrons. The Balaban J connectivity index is 1.15. The van der Waals surface area contributed by atoms with Gasteiger partial charge < -0.3 is 20.4 Å². The number of thiophene rings is 1. The van der Waals surface area contributed by atoms with Crippen molar-refractivity contribution >= 4 is 29.0 Å². The summed E-state index contributed by atoms with van der Waals surface area (Å²) in [6.45, 7) is 4.24. The van der Waals surface area contributed by atoms with Gasteiger partial charge in [0, 0.05) is 55.8 Å². The summed E-state index contributed by atoms with van der Waals surface area (Å²) in [5.74, 6) is 0.254. The average molecular weight is 413 g/mol. The number of para-hydroxylation sites is 1. The molecule has 1 fully saturated rings. The number of benzene rings is 1. The first-order valence-electron chi connectivity index (χ1n) is 10.4. The summed E-state index contributed by atoms with van der Waals surface area (Å²) in [5, 5.41) is 8.05. The van der Waals surface area contributed by atoms with E-state index >= 15 is 0 Å². The number of carbonyl (C=O) groups is 2. The molecule has 0 bridgehead atoms. The number of rotatable bonds is 5. The van der Waals surface area contributed by atoms with Crippen molar-refractivity contribution < 1.29 is 9.59 Å². The molecule has 0 atom stereocenters. The van der Waals surface area contributed by atoms with E-state index in [1.54, 1.807) is 11.3 Å². The number of urea groups is 1. The minimum Gasteiger partial charge on any atom is -0.338 e. The van der Waals surface area contributed by atoms with E-state index in [1.807, 2.05) is 35.2 Å². The largest absolute Gasteiger partial charge is 0.338 e. The van der Waals surface area contributed by atoms with Crippen LogP contribution in [0.5, 0.6) is 0 Å². The Morgan fingerprint density at radius 1 is 1.07 bits per heavy atom. The fourth-order valence-electron chi connectivity index (χ4n) is 4.05. The van der Waals surface area contributed by atoms with Crippen LogP contribution < -0.4 is 10.6 Å². The lowest BCUT2D eigenvalue weighted by atomic mass is 10.0. The van der Waals surface area contributed by atoms with E-state index in [2.05, 4.69) is 27.0 Å². The second-order valence-corrected chi connectivity index (χ2v) is 8.77. The van der Waals surface area contributed by atoms with Crippen LogP contribution in [-0.2, 0) is 17.8 Å². The summed E-state index contributed by atoms with van der Waals surface area (Å²) < 4.78 is 0. The van der Waals surface area contributed by atoms with Crippen molar-refractivity contribution in [2.75, 3.05) is 31.5 Å². The van der Waals surface area contributed by atoms with Gasteiger partial charge in [-0.2, -0.15) is 0 Å². The first-order valence-corrected chi connectivity index (χ1v) is 11.2. The van der Waals surface area contributed by atoms with Crippen molar-refractivity contribution in [3.05, 3.63) is 52.2 Å². The molecule has 0 saturated carbocycles. The normalized spacial score (nSPS) is 17.6. The topological polar surface area (TPSA) is 64.7 Å². The highest BCUT2D eigenvalue weighted by Gasteiger charge is 2.24. The second kappa shape index (κ2) is 9.41. The van der Waals surface area contributed by atoms with Crippen molar-refractivity contribution in [2.24, 2.45) is 0 Å². The zero-order chi connectivity index (χ0) is 20.1. The molecule has 4 rings (SSSR count).